The molecule has 0 spiro atoms. The Labute approximate surface area is 60.1 Å². The van der Waals surface area contributed by atoms with Crippen LogP contribution in [0.5, 0.6) is 0 Å². The maximum Gasteiger partial charge on any atom is 0.351 e. The summed E-state index contributed by atoms with van der Waals surface area (Å²) in [5.41, 5.74) is 0. The number of hydrogen-bond donors (Lipinski definition) is 0. The summed E-state index contributed by atoms with van der Waals surface area (Å²) >= 11 is 0. The van der Waals surface area contributed by atoms with Crippen LogP contribution >= 0.6 is 0 Å². The molecule has 1 nitrogen and oxygen atoms in total. The molecule has 0 saturated carbocycles. The number of halogens is 3. The van der Waals surface area contributed by atoms with Crippen molar-refractivity contribution in [3.63, 3.8) is 0 Å². The monoisotopic (exact) mass is 174 g/mol. The van der Waals surface area contributed by atoms with E-state index in [-0.39, 0.29) is 6.42 Å². The Balaban J connectivity index is 4.23. The Hall–Kier alpha value is -0.0600. The fourth-order valence-corrected chi connectivity index (χ4v) is 0.945. The van der Waals surface area contributed by atoms with Crippen LogP contribution < -0.4 is 0 Å². The van der Waals surface area contributed by atoms with E-state index in [0.29, 0.717) is 0 Å². The molecule has 2 unspecified atom stereocenters. The van der Waals surface area contributed by atoms with Gasteiger partial charge in [-0.3, -0.25) is 4.21 Å². The first-order chi connectivity index (χ1) is 4.42. The summed E-state index contributed by atoms with van der Waals surface area (Å²) in [6.45, 7) is 1.28. The highest BCUT2D eigenvalue weighted by Gasteiger charge is 2.43. The van der Waals surface area contributed by atoms with Crippen LogP contribution in [0.1, 0.15) is 13.3 Å². The van der Waals surface area contributed by atoms with Gasteiger partial charge in [-0.05, 0) is 6.42 Å². The molecule has 0 aromatic carbocycles. The topological polar surface area (TPSA) is 17.1 Å². The predicted octanol–water partition coefficient (Wildman–Crippen LogP) is 1.71. The predicted molar refractivity (Wildman–Crippen MR) is 34.2 cm³/mol. The van der Waals surface area contributed by atoms with E-state index in [1.807, 2.05) is 0 Å². The zero-order valence-electron chi connectivity index (χ0n) is 5.73. The molecule has 2 atom stereocenters. The summed E-state index contributed by atoms with van der Waals surface area (Å²) in [4.78, 5) is 0. The van der Waals surface area contributed by atoms with Gasteiger partial charge < -0.3 is 0 Å². The first-order valence-corrected chi connectivity index (χ1v) is 4.34. The first kappa shape index (κ1) is 9.94. The van der Waals surface area contributed by atoms with Crippen molar-refractivity contribution in [1.82, 2.24) is 0 Å². The van der Waals surface area contributed by atoms with Gasteiger partial charge in [0.05, 0.1) is 10.8 Å². The quantitative estimate of drug-likeness (QED) is 0.636. The first-order valence-electron chi connectivity index (χ1n) is 2.78. The summed E-state index contributed by atoms with van der Waals surface area (Å²) in [6, 6.07) is 0. The molecule has 0 N–H and O–H groups in total. The van der Waals surface area contributed by atoms with Gasteiger partial charge in [-0.15, -0.1) is 0 Å². The highest BCUT2D eigenvalue weighted by Crippen LogP contribution is 2.26. The Morgan fingerprint density at radius 3 is 2.10 bits per heavy atom. The minimum atomic E-state index is -3.69. The summed E-state index contributed by atoms with van der Waals surface area (Å²) in [5.74, 6) is 0. The van der Waals surface area contributed by atoms with Crippen LogP contribution in [-0.4, -0.2) is 21.9 Å². The summed E-state index contributed by atoms with van der Waals surface area (Å²) in [5, 5.41) is -3.69. The van der Waals surface area contributed by atoms with E-state index in [2.05, 4.69) is 0 Å². The van der Waals surface area contributed by atoms with Crippen molar-refractivity contribution in [2.24, 2.45) is 0 Å². The molecule has 0 saturated heterocycles. The highest BCUT2D eigenvalue weighted by molar-refractivity contribution is 7.85. The van der Waals surface area contributed by atoms with Crippen LogP contribution in [0.4, 0.5) is 13.2 Å². The zero-order valence-corrected chi connectivity index (χ0v) is 6.55. The molecule has 62 valence electrons. The van der Waals surface area contributed by atoms with Crippen molar-refractivity contribution in [2.75, 3.05) is 6.26 Å². The molecule has 0 aliphatic carbocycles. The molecule has 0 aromatic rings. The molecule has 0 aliphatic rings. The fourth-order valence-electron chi connectivity index (χ4n) is 0.418. The van der Waals surface area contributed by atoms with Gasteiger partial charge in [-0.25, -0.2) is 4.39 Å². The molecule has 0 aliphatic heterocycles. The van der Waals surface area contributed by atoms with Gasteiger partial charge in [0.1, 0.15) is 0 Å². The van der Waals surface area contributed by atoms with E-state index in [1.54, 1.807) is 0 Å². The lowest BCUT2D eigenvalue weighted by Gasteiger charge is -2.15. The standard InChI is InChI=1S/C5H9F3OS/c1-3-4(6)5(7,8)10(2)9/h4H,3H2,1-2H3. The van der Waals surface area contributed by atoms with Crippen molar-refractivity contribution in [3.8, 4) is 0 Å². The summed E-state index contributed by atoms with van der Waals surface area (Å²) < 4.78 is 46.9. The third kappa shape index (κ3) is 1.97. The van der Waals surface area contributed by atoms with Crippen LogP contribution in [0.15, 0.2) is 0 Å². The molecule has 0 heterocycles. The highest BCUT2D eigenvalue weighted by atomic mass is 32.2. The smallest absolute Gasteiger partial charge is 0.254 e. The molecule has 0 bridgehead atoms. The SMILES string of the molecule is CCC(F)C(F)(F)S(C)=O. The normalized spacial score (nSPS) is 18.5. The third-order valence-corrected chi connectivity index (χ3v) is 2.13. The minimum absolute atomic E-state index is 0.313. The lowest BCUT2D eigenvalue weighted by molar-refractivity contribution is 0.00866. The summed E-state index contributed by atoms with van der Waals surface area (Å²) in [7, 11) is -2.41. The van der Waals surface area contributed by atoms with Gasteiger partial charge >= 0.3 is 5.25 Å². The lowest BCUT2D eigenvalue weighted by Crippen LogP contribution is -2.33. The van der Waals surface area contributed by atoms with E-state index in [4.69, 9.17) is 0 Å². The second kappa shape index (κ2) is 3.37. The second-order valence-electron chi connectivity index (χ2n) is 1.89. The number of alkyl halides is 3. The van der Waals surface area contributed by atoms with Crippen LogP contribution in [0.3, 0.4) is 0 Å². The van der Waals surface area contributed by atoms with Crippen LogP contribution in [0, 0.1) is 0 Å². The second-order valence-corrected chi connectivity index (χ2v) is 3.34. The zero-order chi connectivity index (χ0) is 8.36. The lowest BCUT2D eigenvalue weighted by atomic mass is 10.3. The molecular formula is C5H9F3OS. The molecular weight excluding hydrogens is 165 g/mol. The van der Waals surface area contributed by atoms with Gasteiger partial charge in [-0.1, -0.05) is 6.92 Å². The van der Waals surface area contributed by atoms with E-state index < -0.39 is 22.2 Å². The van der Waals surface area contributed by atoms with Crippen molar-refractivity contribution in [1.29, 1.82) is 0 Å². The molecule has 0 rings (SSSR count). The van der Waals surface area contributed by atoms with Gasteiger partial charge in [0.25, 0.3) is 0 Å². The van der Waals surface area contributed by atoms with E-state index in [0.717, 1.165) is 6.26 Å². The van der Waals surface area contributed by atoms with E-state index in [1.165, 1.54) is 6.92 Å². The van der Waals surface area contributed by atoms with Gasteiger partial charge in [-0.2, -0.15) is 8.78 Å². The average molecular weight is 174 g/mol. The molecule has 0 aromatic heterocycles. The van der Waals surface area contributed by atoms with E-state index in [9.17, 15) is 17.4 Å². The summed E-state index contributed by atoms with van der Waals surface area (Å²) in [6.07, 6.45) is -1.81. The minimum Gasteiger partial charge on any atom is -0.254 e. The maximum absolute atomic E-state index is 12.3. The average Bonchev–Trinajstić information content (AvgIpc) is 1.86. The number of rotatable bonds is 3. The molecule has 0 amide bonds. The Morgan fingerprint density at radius 1 is 1.60 bits per heavy atom. The van der Waals surface area contributed by atoms with Gasteiger partial charge in [0.15, 0.2) is 6.17 Å². The van der Waals surface area contributed by atoms with Crippen molar-refractivity contribution >= 4 is 10.8 Å². The number of hydrogen-bond acceptors (Lipinski definition) is 1. The largest absolute Gasteiger partial charge is 0.351 e. The van der Waals surface area contributed by atoms with Crippen LogP contribution in [0.25, 0.3) is 0 Å². The molecule has 10 heavy (non-hydrogen) atoms. The van der Waals surface area contributed by atoms with Gasteiger partial charge in [0, 0.05) is 6.26 Å². The molecule has 5 heteroatoms. The maximum atomic E-state index is 12.3. The van der Waals surface area contributed by atoms with E-state index >= 15 is 0 Å². The van der Waals surface area contributed by atoms with Gasteiger partial charge in [0.2, 0.25) is 0 Å². The Kier molecular flexibility index (Phi) is 3.35. The van der Waals surface area contributed by atoms with Crippen LogP contribution in [0.2, 0.25) is 0 Å². The third-order valence-electron chi connectivity index (χ3n) is 1.11. The fraction of sp³-hybridized carbons (Fsp3) is 1.00. The Morgan fingerprint density at radius 2 is 2.00 bits per heavy atom. The van der Waals surface area contributed by atoms with Crippen molar-refractivity contribution in [3.05, 3.63) is 0 Å². The van der Waals surface area contributed by atoms with Crippen LogP contribution in [-0.2, 0) is 10.8 Å². The Bertz CT molecular complexity index is 137. The molecule has 0 radical (unpaired) electrons. The molecule has 0 fully saturated rings. The van der Waals surface area contributed by atoms with Crippen molar-refractivity contribution in [2.45, 2.75) is 24.8 Å². The van der Waals surface area contributed by atoms with Crippen molar-refractivity contribution < 1.29 is 17.4 Å².